The maximum atomic E-state index is 11.5. The SMILES string of the molecule is Cc1ccccc1OC(=O)CC(C)(C)Cl. The van der Waals surface area contributed by atoms with E-state index in [4.69, 9.17) is 16.3 Å². The lowest BCUT2D eigenvalue weighted by Crippen LogP contribution is -2.20. The van der Waals surface area contributed by atoms with E-state index in [-0.39, 0.29) is 12.4 Å². The van der Waals surface area contributed by atoms with Crippen LogP contribution in [0.15, 0.2) is 24.3 Å². The molecule has 0 aromatic heterocycles. The van der Waals surface area contributed by atoms with Crippen molar-refractivity contribution in [3.05, 3.63) is 29.8 Å². The van der Waals surface area contributed by atoms with Gasteiger partial charge >= 0.3 is 5.97 Å². The van der Waals surface area contributed by atoms with E-state index in [1.807, 2.05) is 25.1 Å². The van der Waals surface area contributed by atoms with Crippen LogP contribution in [0.2, 0.25) is 0 Å². The van der Waals surface area contributed by atoms with Crippen molar-refractivity contribution >= 4 is 17.6 Å². The minimum Gasteiger partial charge on any atom is -0.426 e. The van der Waals surface area contributed by atoms with Crippen LogP contribution < -0.4 is 4.74 Å². The van der Waals surface area contributed by atoms with Crippen molar-refractivity contribution in [3.8, 4) is 5.75 Å². The number of carbonyl (C=O) groups excluding carboxylic acids is 1. The largest absolute Gasteiger partial charge is 0.426 e. The number of alkyl halides is 1. The van der Waals surface area contributed by atoms with E-state index in [9.17, 15) is 4.79 Å². The van der Waals surface area contributed by atoms with Gasteiger partial charge in [-0.1, -0.05) is 18.2 Å². The van der Waals surface area contributed by atoms with Crippen LogP contribution in [0.25, 0.3) is 0 Å². The molecule has 0 radical (unpaired) electrons. The number of esters is 1. The molecule has 0 aliphatic carbocycles. The molecule has 0 saturated heterocycles. The molecule has 0 spiro atoms. The highest BCUT2D eigenvalue weighted by molar-refractivity contribution is 6.24. The number of rotatable bonds is 3. The smallest absolute Gasteiger partial charge is 0.312 e. The molecule has 1 aromatic carbocycles. The zero-order valence-electron chi connectivity index (χ0n) is 9.21. The summed E-state index contributed by atoms with van der Waals surface area (Å²) in [6.07, 6.45) is 0.197. The minimum atomic E-state index is -0.556. The molecule has 82 valence electrons. The third kappa shape index (κ3) is 4.34. The van der Waals surface area contributed by atoms with Crippen molar-refractivity contribution in [1.82, 2.24) is 0 Å². The summed E-state index contributed by atoms with van der Waals surface area (Å²) >= 11 is 5.93. The Bertz CT molecular complexity index is 353. The molecule has 2 nitrogen and oxygen atoms in total. The van der Waals surface area contributed by atoms with E-state index in [0.717, 1.165) is 5.56 Å². The molecular weight excluding hydrogens is 212 g/mol. The third-order valence-corrected chi connectivity index (χ3v) is 2.02. The van der Waals surface area contributed by atoms with Gasteiger partial charge < -0.3 is 4.74 Å². The number of para-hydroxylation sites is 1. The third-order valence-electron chi connectivity index (χ3n) is 1.88. The molecule has 0 aliphatic rings. The molecule has 0 N–H and O–H groups in total. The van der Waals surface area contributed by atoms with E-state index < -0.39 is 4.87 Å². The van der Waals surface area contributed by atoms with Crippen molar-refractivity contribution in [3.63, 3.8) is 0 Å². The number of carbonyl (C=O) groups is 1. The molecule has 15 heavy (non-hydrogen) atoms. The number of hydrogen-bond acceptors (Lipinski definition) is 2. The first-order valence-corrected chi connectivity index (χ1v) is 5.21. The normalized spacial score (nSPS) is 11.2. The molecule has 0 aliphatic heterocycles. The lowest BCUT2D eigenvalue weighted by Gasteiger charge is -2.14. The standard InChI is InChI=1S/C12H15ClO2/c1-9-6-4-5-7-10(9)15-11(14)8-12(2,3)13/h4-7H,8H2,1-3H3. The second kappa shape index (κ2) is 4.67. The van der Waals surface area contributed by atoms with E-state index in [1.165, 1.54) is 0 Å². The molecule has 1 rings (SSSR count). The summed E-state index contributed by atoms with van der Waals surface area (Å²) in [6.45, 7) is 5.47. The maximum absolute atomic E-state index is 11.5. The van der Waals surface area contributed by atoms with Gasteiger partial charge in [-0.25, -0.2) is 0 Å². The van der Waals surface area contributed by atoms with Gasteiger partial charge in [-0.2, -0.15) is 0 Å². The van der Waals surface area contributed by atoms with Gasteiger partial charge in [0, 0.05) is 4.87 Å². The van der Waals surface area contributed by atoms with Gasteiger partial charge in [0.05, 0.1) is 6.42 Å². The Labute approximate surface area is 95.2 Å². The monoisotopic (exact) mass is 226 g/mol. The number of benzene rings is 1. The Morgan fingerprint density at radius 3 is 2.53 bits per heavy atom. The average Bonchev–Trinajstić information content (AvgIpc) is 2.05. The fraction of sp³-hybridized carbons (Fsp3) is 0.417. The number of halogens is 1. The molecule has 3 heteroatoms. The van der Waals surface area contributed by atoms with Crippen LogP contribution in [-0.4, -0.2) is 10.8 Å². The molecule has 0 heterocycles. The van der Waals surface area contributed by atoms with E-state index in [1.54, 1.807) is 19.9 Å². The van der Waals surface area contributed by atoms with Crippen molar-refractivity contribution in [1.29, 1.82) is 0 Å². The van der Waals surface area contributed by atoms with Crippen molar-refractivity contribution in [2.45, 2.75) is 32.1 Å². The first kappa shape index (κ1) is 12.1. The predicted molar refractivity (Wildman–Crippen MR) is 61.4 cm³/mol. The number of aryl methyl sites for hydroxylation is 1. The highest BCUT2D eigenvalue weighted by atomic mass is 35.5. The molecule has 0 atom stereocenters. The molecule has 0 unspecified atom stereocenters. The predicted octanol–water partition coefficient (Wildman–Crippen LogP) is 3.31. The first-order valence-electron chi connectivity index (χ1n) is 4.84. The molecule has 0 fully saturated rings. The van der Waals surface area contributed by atoms with Crippen LogP contribution in [0.4, 0.5) is 0 Å². The Kier molecular flexibility index (Phi) is 3.75. The topological polar surface area (TPSA) is 26.3 Å². The van der Waals surface area contributed by atoms with Gasteiger partial charge in [0.1, 0.15) is 5.75 Å². The summed E-state index contributed by atoms with van der Waals surface area (Å²) < 4.78 is 5.20. The van der Waals surface area contributed by atoms with Gasteiger partial charge in [0.25, 0.3) is 0 Å². The average molecular weight is 227 g/mol. The van der Waals surface area contributed by atoms with Crippen LogP contribution in [-0.2, 0) is 4.79 Å². The van der Waals surface area contributed by atoms with E-state index in [2.05, 4.69) is 0 Å². The summed E-state index contributed by atoms with van der Waals surface area (Å²) in [6, 6.07) is 7.41. The lowest BCUT2D eigenvalue weighted by molar-refractivity contribution is -0.134. The van der Waals surface area contributed by atoms with Gasteiger partial charge in [0.15, 0.2) is 0 Å². The van der Waals surface area contributed by atoms with Crippen molar-refractivity contribution in [2.75, 3.05) is 0 Å². The molecule has 0 bridgehead atoms. The zero-order valence-corrected chi connectivity index (χ0v) is 9.97. The quantitative estimate of drug-likeness (QED) is 0.449. The second-order valence-corrected chi connectivity index (χ2v) is 5.16. The first-order chi connectivity index (χ1) is 6.88. The van der Waals surface area contributed by atoms with Crippen molar-refractivity contribution in [2.24, 2.45) is 0 Å². The summed E-state index contributed by atoms with van der Waals surface area (Å²) in [5.41, 5.74) is 0.943. The van der Waals surface area contributed by atoms with Crippen LogP contribution >= 0.6 is 11.6 Å². The van der Waals surface area contributed by atoms with Gasteiger partial charge in [-0.15, -0.1) is 11.6 Å². The zero-order chi connectivity index (χ0) is 11.5. The minimum absolute atomic E-state index is 0.197. The Hall–Kier alpha value is -1.02. The highest BCUT2D eigenvalue weighted by Crippen LogP contribution is 2.21. The maximum Gasteiger partial charge on any atom is 0.312 e. The lowest BCUT2D eigenvalue weighted by atomic mass is 10.1. The fourth-order valence-corrected chi connectivity index (χ4v) is 1.28. The highest BCUT2D eigenvalue weighted by Gasteiger charge is 2.20. The van der Waals surface area contributed by atoms with Gasteiger partial charge in [-0.3, -0.25) is 4.79 Å². The van der Waals surface area contributed by atoms with Gasteiger partial charge in [0.2, 0.25) is 0 Å². The fourth-order valence-electron chi connectivity index (χ4n) is 1.17. The van der Waals surface area contributed by atoms with Crippen molar-refractivity contribution < 1.29 is 9.53 Å². The van der Waals surface area contributed by atoms with Crippen LogP contribution in [0.3, 0.4) is 0 Å². The summed E-state index contributed by atoms with van der Waals surface area (Å²) in [5, 5.41) is 0. The second-order valence-electron chi connectivity index (χ2n) is 4.14. The van der Waals surface area contributed by atoms with Crippen LogP contribution in [0.1, 0.15) is 25.8 Å². The summed E-state index contributed by atoms with van der Waals surface area (Å²) in [7, 11) is 0. The summed E-state index contributed by atoms with van der Waals surface area (Å²) in [4.78, 5) is 10.9. The molecule has 1 aromatic rings. The summed E-state index contributed by atoms with van der Waals surface area (Å²) in [5.74, 6) is 0.299. The Morgan fingerprint density at radius 1 is 1.40 bits per heavy atom. The van der Waals surface area contributed by atoms with E-state index in [0.29, 0.717) is 5.75 Å². The number of hydrogen-bond donors (Lipinski definition) is 0. The molecule has 0 saturated carbocycles. The van der Waals surface area contributed by atoms with Crippen LogP contribution in [0.5, 0.6) is 5.75 Å². The Balaban J connectivity index is 2.64. The number of ether oxygens (including phenoxy) is 1. The molecule has 0 amide bonds. The van der Waals surface area contributed by atoms with Crippen LogP contribution in [0, 0.1) is 6.92 Å². The van der Waals surface area contributed by atoms with Gasteiger partial charge in [-0.05, 0) is 32.4 Å². The Morgan fingerprint density at radius 2 is 2.00 bits per heavy atom. The van der Waals surface area contributed by atoms with E-state index >= 15 is 0 Å². The molecular formula is C12H15ClO2.